The number of carboxylic acids is 1. The fourth-order valence-corrected chi connectivity index (χ4v) is 5.52. The highest BCUT2D eigenvalue weighted by molar-refractivity contribution is 7.16. The SMILES string of the molecule is CC(C)C[C@H](NC(=O)[C@@]1(Cc2ccc(Cl)s2)Cc2ccccc2N1)C(=O)N[C@@H](CC(F)F)C(=O)C(=O)O. The molecule has 2 aromatic rings. The summed E-state index contributed by atoms with van der Waals surface area (Å²) in [6.07, 6.45) is -3.44. The van der Waals surface area contributed by atoms with E-state index in [9.17, 15) is 28.0 Å². The summed E-state index contributed by atoms with van der Waals surface area (Å²) in [6.45, 7) is 3.61. The Morgan fingerprint density at radius 2 is 1.78 bits per heavy atom. The minimum absolute atomic E-state index is 0.0967. The van der Waals surface area contributed by atoms with Gasteiger partial charge in [0.05, 0.1) is 4.34 Å². The molecule has 2 heterocycles. The van der Waals surface area contributed by atoms with E-state index in [1.807, 2.05) is 30.3 Å². The second-order valence-electron chi connectivity index (χ2n) is 9.44. The number of Topliss-reactive ketones (excluding diaryl/α,β-unsaturated/α-hetero) is 1. The number of amides is 2. The van der Waals surface area contributed by atoms with Crippen LogP contribution in [-0.2, 0) is 32.0 Å². The molecule has 0 saturated carbocycles. The van der Waals surface area contributed by atoms with Crippen LogP contribution >= 0.6 is 22.9 Å². The number of rotatable bonds is 12. The number of nitrogens with one attached hydrogen (secondary N) is 3. The number of benzene rings is 1. The Morgan fingerprint density at radius 1 is 1.08 bits per heavy atom. The van der Waals surface area contributed by atoms with Gasteiger partial charge in [-0.3, -0.25) is 14.4 Å². The summed E-state index contributed by atoms with van der Waals surface area (Å²) in [7, 11) is 0. The van der Waals surface area contributed by atoms with Crippen molar-refractivity contribution in [3.63, 3.8) is 0 Å². The molecule has 0 saturated heterocycles. The lowest BCUT2D eigenvalue weighted by atomic mass is 9.88. The Kier molecular flexibility index (Phi) is 9.25. The number of thiophene rings is 1. The van der Waals surface area contributed by atoms with Crippen LogP contribution < -0.4 is 16.0 Å². The number of halogens is 3. The Morgan fingerprint density at radius 3 is 2.35 bits per heavy atom. The van der Waals surface area contributed by atoms with Crippen LogP contribution in [0.5, 0.6) is 0 Å². The second kappa shape index (κ2) is 12.0. The van der Waals surface area contributed by atoms with Crippen molar-refractivity contribution in [2.75, 3.05) is 5.32 Å². The van der Waals surface area contributed by atoms with Crippen LogP contribution in [-0.4, -0.2) is 52.7 Å². The van der Waals surface area contributed by atoms with Crippen LogP contribution in [0, 0.1) is 5.92 Å². The van der Waals surface area contributed by atoms with Crippen LogP contribution in [0.2, 0.25) is 4.34 Å². The molecule has 1 aliphatic heterocycles. The predicted molar refractivity (Wildman–Crippen MR) is 136 cm³/mol. The Bertz CT molecular complexity index is 1150. The Labute approximate surface area is 221 Å². The van der Waals surface area contributed by atoms with Crippen molar-refractivity contribution in [3.8, 4) is 0 Å². The third-order valence-corrected chi connectivity index (χ3v) is 7.24. The molecule has 3 rings (SSSR count). The Balaban J connectivity index is 1.86. The summed E-state index contributed by atoms with van der Waals surface area (Å²) in [5.74, 6) is -4.99. The summed E-state index contributed by atoms with van der Waals surface area (Å²) in [6, 6.07) is 7.86. The normalized spacial score (nSPS) is 18.1. The lowest BCUT2D eigenvalue weighted by molar-refractivity contribution is -0.151. The summed E-state index contributed by atoms with van der Waals surface area (Å²) in [5.41, 5.74) is 0.524. The number of carbonyl (C=O) groups is 4. The molecule has 1 aromatic heterocycles. The maximum absolute atomic E-state index is 13.8. The van der Waals surface area contributed by atoms with Gasteiger partial charge >= 0.3 is 5.97 Å². The van der Waals surface area contributed by atoms with E-state index in [0.29, 0.717) is 10.8 Å². The van der Waals surface area contributed by atoms with Crippen LogP contribution in [0.1, 0.15) is 37.1 Å². The van der Waals surface area contributed by atoms with Crippen molar-refractivity contribution >= 4 is 52.2 Å². The molecule has 2 amide bonds. The first-order valence-electron chi connectivity index (χ1n) is 11.7. The van der Waals surface area contributed by atoms with Crippen LogP contribution in [0.25, 0.3) is 0 Å². The minimum atomic E-state index is -3.02. The molecule has 0 radical (unpaired) electrons. The standard InChI is InChI=1S/C25H28ClF2N3O5S/c1-13(2)9-18(22(33)29-17(10-20(27)28)21(32)23(34)35)30-24(36)25(12-15-7-8-19(26)37-15)11-14-5-3-4-6-16(14)31-25/h3-8,13,17-18,20,31H,9-12H2,1-2H3,(H,29,33)(H,30,36)(H,34,35)/t17-,18-,25-/m0/s1. The van der Waals surface area contributed by atoms with Gasteiger partial charge in [0.25, 0.3) is 5.78 Å². The molecule has 0 bridgehead atoms. The average molecular weight is 556 g/mol. The summed E-state index contributed by atoms with van der Waals surface area (Å²) in [5, 5.41) is 17.1. The molecule has 0 aliphatic carbocycles. The molecule has 1 aromatic carbocycles. The number of aliphatic carboxylic acids is 1. The smallest absolute Gasteiger partial charge is 0.374 e. The molecule has 8 nitrogen and oxygen atoms in total. The lowest BCUT2D eigenvalue weighted by Gasteiger charge is -2.31. The number of alkyl halides is 2. The molecule has 3 atom stereocenters. The molecule has 0 fully saturated rings. The fourth-order valence-electron chi connectivity index (χ4n) is 4.32. The van der Waals surface area contributed by atoms with Crippen LogP contribution in [0.3, 0.4) is 0 Å². The number of anilines is 1. The average Bonchev–Trinajstić information content (AvgIpc) is 3.40. The van der Waals surface area contributed by atoms with Crippen LogP contribution in [0.15, 0.2) is 36.4 Å². The number of hydrogen-bond donors (Lipinski definition) is 4. The molecule has 4 N–H and O–H groups in total. The number of hydrogen-bond acceptors (Lipinski definition) is 6. The van der Waals surface area contributed by atoms with Gasteiger partial charge in [0.15, 0.2) is 0 Å². The number of para-hydroxylation sites is 1. The highest BCUT2D eigenvalue weighted by Gasteiger charge is 2.45. The van der Waals surface area contributed by atoms with Gasteiger partial charge in [0.1, 0.15) is 17.6 Å². The molecule has 0 unspecified atom stereocenters. The van der Waals surface area contributed by atoms with Gasteiger partial charge in [-0.15, -0.1) is 11.3 Å². The summed E-state index contributed by atoms with van der Waals surface area (Å²) < 4.78 is 26.5. The molecule has 200 valence electrons. The van der Waals surface area contributed by atoms with Crippen molar-refractivity contribution in [1.29, 1.82) is 0 Å². The second-order valence-corrected chi connectivity index (χ2v) is 11.2. The molecule has 0 spiro atoms. The third kappa shape index (κ3) is 7.26. The monoisotopic (exact) mass is 555 g/mol. The van der Waals surface area contributed by atoms with Gasteiger partial charge < -0.3 is 21.1 Å². The maximum atomic E-state index is 13.8. The lowest BCUT2D eigenvalue weighted by Crippen LogP contribution is -2.59. The van der Waals surface area contributed by atoms with Gasteiger partial charge in [-0.25, -0.2) is 13.6 Å². The quantitative estimate of drug-likeness (QED) is 0.296. The number of carbonyl (C=O) groups excluding carboxylic acids is 3. The van der Waals surface area contributed by atoms with Crippen molar-refractivity contribution in [2.24, 2.45) is 5.92 Å². The molecular formula is C25H28ClF2N3O5S. The predicted octanol–water partition coefficient (Wildman–Crippen LogP) is 3.68. The van der Waals surface area contributed by atoms with Gasteiger partial charge in [0, 0.05) is 29.8 Å². The minimum Gasteiger partial charge on any atom is -0.475 e. The molecule has 37 heavy (non-hydrogen) atoms. The van der Waals surface area contributed by atoms with E-state index in [-0.39, 0.29) is 18.8 Å². The largest absolute Gasteiger partial charge is 0.475 e. The van der Waals surface area contributed by atoms with Crippen LogP contribution in [0.4, 0.5) is 14.5 Å². The third-order valence-electron chi connectivity index (χ3n) is 6.01. The van der Waals surface area contributed by atoms with E-state index in [4.69, 9.17) is 16.7 Å². The highest BCUT2D eigenvalue weighted by Crippen LogP contribution is 2.37. The van der Waals surface area contributed by atoms with E-state index in [0.717, 1.165) is 16.1 Å². The van der Waals surface area contributed by atoms with Crippen molar-refractivity contribution in [3.05, 3.63) is 51.2 Å². The van der Waals surface area contributed by atoms with Crippen molar-refractivity contribution in [2.45, 2.75) is 63.6 Å². The zero-order chi connectivity index (χ0) is 27.3. The van der Waals surface area contributed by atoms with E-state index in [2.05, 4.69) is 16.0 Å². The molecule has 1 aliphatic rings. The van der Waals surface area contributed by atoms with E-state index in [1.54, 1.807) is 19.9 Å². The first-order chi connectivity index (χ1) is 17.4. The number of ketones is 1. The topological polar surface area (TPSA) is 125 Å². The van der Waals surface area contributed by atoms with Gasteiger partial charge in [-0.05, 0) is 36.1 Å². The van der Waals surface area contributed by atoms with E-state index >= 15 is 0 Å². The molecule has 12 heteroatoms. The van der Waals surface area contributed by atoms with Gasteiger partial charge in [0.2, 0.25) is 18.2 Å². The number of carboxylic acid groups (broad SMARTS) is 1. The fraction of sp³-hybridized carbons (Fsp3) is 0.440. The maximum Gasteiger partial charge on any atom is 0.374 e. The highest BCUT2D eigenvalue weighted by atomic mass is 35.5. The first-order valence-corrected chi connectivity index (χ1v) is 12.9. The van der Waals surface area contributed by atoms with Crippen molar-refractivity contribution in [1.82, 2.24) is 10.6 Å². The van der Waals surface area contributed by atoms with E-state index < -0.39 is 54.0 Å². The van der Waals surface area contributed by atoms with Gasteiger partial charge in [-0.1, -0.05) is 43.6 Å². The summed E-state index contributed by atoms with van der Waals surface area (Å²) >= 11 is 7.42. The zero-order valence-electron chi connectivity index (χ0n) is 20.2. The van der Waals surface area contributed by atoms with Gasteiger partial charge in [-0.2, -0.15) is 0 Å². The Hall–Kier alpha value is -3.05. The van der Waals surface area contributed by atoms with E-state index in [1.165, 1.54) is 11.3 Å². The molecular weight excluding hydrogens is 528 g/mol. The first kappa shape index (κ1) is 28.5. The van der Waals surface area contributed by atoms with Crippen molar-refractivity contribution < 1.29 is 33.1 Å². The summed E-state index contributed by atoms with van der Waals surface area (Å²) in [4.78, 5) is 50.7. The number of fused-ring (bicyclic) bond motifs is 1. The zero-order valence-corrected chi connectivity index (χ0v) is 21.8.